The maximum atomic E-state index is 12.4. The van der Waals surface area contributed by atoms with Crippen LogP contribution in [0.1, 0.15) is 22.8 Å². The molecule has 0 unspecified atom stereocenters. The molecule has 1 saturated heterocycles. The molecule has 7 heteroatoms. The van der Waals surface area contributed by atoms with E-state index < -0.39 is 0 Å². The third-order valence-corrected chi connectivity index (χ3v) is 4.90. The number of halogens is 1. The molecule has 136 valence electrons. The fourth-order valence-corrected chi connectivity index (χ4v) is 3.01. The topological polar surface area (TPSA) is 65.5 Å². The monoisotopic (exact) mass is 372 g/mol. The first-order valence-electron chi connectivity index (χ1n) is 8.48. The number of piperazine rings is 1. The molecule has 0 aliphatic carbocycles. The molecule has 1 aliphatic rings. The minimum absolute atomic E-state index is 0.0980. The first kappa shape index (κ1) is 18.2. The Hall–Kier alpha value is -2.60. The van der Waals surface area contributed by atoms with Gasteiger partial charge < -0.3 is 15.1 Å². The van der Waals surface area contributed by atoms with Gasteiger partial charge in [0.05, 0.1) is 5.56 Å². The van der Waals surface area contributed by atoms with Gasteiger partial charge in [-0.1, -0.05) is 17.7 Å². The second kappa shape index (κ2) is 7.74. The number of nitrogens with one attached hydrogen (secondary N) is 1. The predicted octanol–water partition coefficient (Wildman–Crippen LogP) is 2.96. The van der Waals surface area contributed by atoms with E-state index in [9.17, 15) is 9.59 Å². The summed E-state index contributed by atoms with van der Waals surface area (Å²) in [6.45, 7) is 6.34. The summed E-state index contributed by atoms with van der Waals surface area (Å²) in [4.78, 5) is 32.1. The Balaban J connectivity index is 1.63. The number of carbonyl (C=O) groups excluding carboxylic acids is 2. The van der Waals surface area contributed by atoms with Gasteiger partial charge in [-0.2, -0.15) is 0 Å². The van der Waals surface area contributed by atoms with Crippen molar-refractivity contribution < 1.29 is 9.59 Å². The molecule has 1 aromatic carbocycles. The van der Waals surface area contributed by atoms with Crippen LogP contribution in [0.25, 0.3) is 0 Å². The van der Waals surface area contributed by atoms with E-state index in [0.29, 0.717) is 29.4 Å². The Bertz CT molecular complexity index is 815. The quantitative estimate of drug-likeness (QED) is 0.899. The van der Waals surface area contributed by atoms with Crippen LogP contribution in [0.4, 0.5) is 11.5 Å². The Morgan fingerprint density at radius 1 is 1.12 bits per heavy atom. The van der Waals surface area contributed by atoms with Crippen molar-refractivity contribution in [1.29, 1.82) is 0 Å². The minimum Gasteiger partial charge on any atom is -0.353 e. The lowest BCUT2D eigenvalue weighted by Crippen LogP contribution is -2.48. The zero-order chi connectivity index (χ0) is 18.7. The molecule has 0 saturated carbocycles. The second-order valence-electron chi connectivity index (χ2n) is 6.32. The molecule has 0 atom stereocenters. The van der Waals surface area contributed by atoms with Crippen molar-refractivity contribution in [2.75, 3.05) is 36.4 Å². The van der Waals surface area contributed by atoms with Crippen molar-refractivity contribution in [2.45, 2.75) is 13.8 Å². The summed E-state index contributed by atoms with van der Waals surface area (Å²) in [5, 5.41) is 3.43. The lowest BCUT2D eigenvalue weighted by molar-refractivity contribution is -0.129. The van der Waals surface area contributed by atoms with E-state index >= 15 is 0 Å². The van der Waals surface area contributed by atoms with E-state index in [1.54, 1.807) is 25.3 Å². The van der Waals surface area contributed by atoms with Gasteiger partial charge in [0.25, 0.3) is 5.91 Å². The average molecular weight is 373 g/mol. The molecular weight excluding hydrogens is 352 g/mol. The van der Waals surface area contributed by atoms with Gasteiger partial charge in [-0.15, -0.1) is 0 Å². The van der Waals surface area contributed by atoms with E-state index in [2.05, 4.69) is 15.2 Å². The molecule has 0 spiro atoms. The third kappa shape index (κ3) is 4.14. The van der Waals surface area contributed by atoms with Gasteiger partial charge in [-0.05, 0) is 36.8 Å². The second-order valence-corrected chi connectivity index (χ2v) is 6.72. The Morgan fingerprint density at radius 3 is 2.42 bits per heavy atom. The maximum absolute atomic E-state index is 12.4. The standard InChI is InChI=1S/C19H21ClN4O2/c1-13-3-5-16(11-17(13)20)22-19(26)15-4-6-18(21-12-15)24-9-7-23(8-10-24)14(2)25/h3-6,11-12H,7-10H2,1-2H3,(H,22,26). The molecule has 6 nitrogen and oxygen atoms in total. The molecule has 2 aromatic rings. The number of hydrogen-bond donors (Lipinski definition) is 1. The van der Waals surface area contributed by atoms with Gasteiger partial charge >= 0.3 is 0 Å². The van der Waals surface area contributed by atoms with Crippen LogP contribution in [-0.4, -0.2) is 47.9 Å². The third-order valence-electron chi connectivity index (χ3n) is 4.49. The lowest BCUT2D eigenvalue weighted by atomic mass is 10.2. The highest BCUT2D eigenvalue weighted by Gasteiger charge is 2.19. The molecular formula is C19H21ClN4O2. The number of nitrogens with zero attached hydrogens (tertiary/aromatic N) is 3. The van der Waals surface area contributed by atoms with Crippen LogP contribution in [0.15, 0.2) is 36.5 Å². The zero-order valence-electron chi connectivity index (χ0n) is 14.8. The molecule has 0 bridgehead atoms. The number of anilines is 2. The van der Waals surface area contributed by atoms with Gasteiger partial charge in [0, 0.05) is 50.0 Å². The van der Waals surface area contributed by atoms with Crippen LogP contribution in [0.5, 0.6) is 0 Å². The summed E-state index contributed by atoms with van der Waals surface area (Å²) in [5.41, 5.74) is 2.09. The van der Waals surface area contributed by atoms with Gasteiger partial charge in [-0.25, -0.2) is 4.98 Å². The number of aromatic nitrogens is 1. The first-order valence-corrected chi connectivity index (χ1v) is 8.86. The van der Waals surface area contributed by atoms with Gasteiger partial charge in [-0.3, -0.25) is 9.59 Å². The molecule has 1 fully saturated rings. The van der Waals surface area contributed by atoms with Gasteiger partial charge in [0.2, 0.25) is 5.91 Å². The van der Waals surface area contributed by atoms with Crippen molar-refractivity contribution in [2.24, 2.45) is 0 Å². The fourth-order valence-electron chi connectivity index (χ4n) is 2.83. The number of hydrogen-bond acceptors (Lipinski definition) is 4. The van der Waals surface area contributed by atoms with E-state index in [4.69, 9.17) is 11.6 Å². The van der Waals surface area contributed by atoms with Crippen LogP contribution in [-0.2, 0) is 4.79 Å². The Kier molecular flexibility index (Phi) is 5.42. The summed E-state index contributed by atoms with van der Waals surface area (Å²) in [7, 11) is 0. The zero-order valence-corrected chi connectivity index (χ0v) is 15.6. The summed E-state index contributed by atoms with van der Waals surface area (Å²) in [6, 6.07) is 8.99. The van der Waals surface area contributed by atoms with Crippen LogP contribution in [0.3, 0.4) is 0 Å². The van der Waals surface area contributed by atoms with Crippen LogP contribution >= 0.6 is 11.6 Å². The van der Waals surface area contributed by atoms with E-state index in [1.807, 2.05) is 30.0 Å². The average Bonchev–Trinajstić information content (AvgIpc) is 2.65. The molecule has 3 rings (SSSR count). The molecule has 26 heavy (non-hydrogen) atoms. The van der Waals surface area contributed by atoms with Crippen LogP contribution < -0.4 is 10.2 Å². The summed E-state index contributed by atoms with van der Waals surface area (Å²) in [6.07, 6.45) is 1.57. The predicted molar refractivity (Wildman–Crippen MR) is 103 cm³/mol. The van der Waals surface area contributed by atoms with Crippen molar-refractivity contribution in [1.82, 2.24) is 9.88 Å². The van der Waals surface area contributed by atoms with Crippen molar-refractivity contribution in [3.8, 4) is 0 Å². The van der Waals surface area contributed by atoms with E-state index in [1.165, 1.54) is 0 Å². The highest BCUT2D eigenvalue weighted by atomic mass is 35.5. The van der Waals surface area contributed by atoms with Crippen LogP contribution in [0, 0.1) is 6.92 Å². The summed E-state index contributed by atoms with van der Waals surface area (Å²) >= 11 is 6.09. The number of benzene rings is 1. The smallest absolute Gasteiger partial charge is 0.257 e. The van der Waals surface area contributed by atoms with Gasteiger partial charge in [0.1, 0.15) is 5.82 Å². The van der Waals surface area contributed by atoms with Crippen LogP contribution in [0.2, 0.25) is 5.02 Å². The SMILES string of the molecule is CC(=O)N1CCN(c2ccc(C(=O)Nc3ccc(C)c(Cl)c3)cn2)CC1. The number of rotatable bonds is 3. The van der Waals surface area contributed by atoms with E-state index in [-0.39, 0.29) is 11.8 Å². The highest BCUT2D eigenvalue weighted by Crippen LogP contribution is 2.21. The molecule has 1 aromatic heterocycles. The number of aryl methyl sites for hydroxylation is 1. The van der Waals surface area contributed by atoms with Crippen molar-refractivity contribution in [3.63, 3.8) is 0 Å². The maximum Gasteiger partial charge on any atom is 0.257 e. The Labute approximate surface area is 157 Å². The number of carbonyl (C=O) groups is 2. The number of amides is 2. The molecule has 0 radical (unpaired) electrons. The molecule has 2 amide bonds. The normalized spacial score (nSPS) is 14.3. The largest absolute Gasteiger partial charge is 0.353 e. The fraction of sp³-hybridized carbons (Fsp3) is 0.316. The Morgan fingerprint density at radius 2 is 1.85 bits per heavy atom. The molecule has 2 heterocycles. The molecule has 1 N–H and O–H groups in total. The minimum atomic E-state index is -0.231. The summed E-state index contributed by atoms with van der Waals surface area (Å²) in [5.74, 6) is 0.675. The first-order chi connectivity index (χ1) is 12.4. The van der Waals surface area contributed by atoms with Crippen molar-refractivity contribution in [3.05, 3.63) is 52.7 Å². The lowest BCUT2D eigenvalue weighted by Gasteiger charge is -2.34. The van der Waals surface area contributed by atoms with Gasteiger partial charge in [0.15, 0.2) is 0 Å². The molecule has 1 aliphatic heterocycles. The van der Waals surface area contributed by atoms with E-state index in [0.717, 1.165) is 24.5 Å². The highest BCUT2D eigenvalue weighted by molar-refractivity contribution is 6.31. The van der Waals surface area contributed by atoms with Crippen molar-refractivity contribution >= 4 is 34.9 Å². The number of pyridine rings is 1. The summed E-state index contributed by atoms with van der Waals surface area (Å²) < 4.78 is 0.